The first-order valence-corrected chi connectivity index (χ1v) is 11.8. The van der Waals surface area contributed by atoms with Crippen LogP contribution in [0, 0.1) is 0 Å². The van der Waals surface area contributed by atoms with Crippen LogP contribution in [0.5, 0.6) is 0 Å². The molecule has 1 unspecified atom stereocenters. The van der Waals surface area contributed by atoms with Crippen molar-refractivity contribution in [3.63, 3.8) is 0 Å². The van der Waals surface area contributed by atoms with Gasteiger partial charge in [-0.05, 0) is 36.1 Å². The second-order valence-corrected chi connectivity index (χ2v) is 8.61. The lowest BCUT2D eigenvalue weighted by Gasteiger charge is -2.23. The van der Waals surface area contributed by atoms with Gasteiger partial charge in [-0.2, -0.15) is 0 Å². The fraction of sp³-hybridized carbons (Fsp3) is 0.417. The summed E-state index contributed by atoms with van der Waals surface area (Å²) in [4.78, 5) is 27.1. The number of nitrogens with zero attached hydrogens (tertiary/aromatic N) is 1. The molecule has 1 aliphatic rings. The zero-order chi connectivity index (χ0) is 21.2. The van der Waals surface area contributed by atoms with Crippen molar-refractivity contribution >= 4 is 23.6 Å². The normalized spacial score (nSPS) is 15.9. The standard InChI is InChI=1S/C24H31N3O2S/c25-14-6-1-2-7-15-26-24(29)22-17-30-18-27(22)23(28)16-19-10-12-21(13-11-19)20-8-4-3-5-9-20/h3-5,8-13,22H,1-2,6-7,14-18,25H2,(H,26,29). The summed E-state index contributed by atoms with van der Waals surface area (Å²) < 4.78 is 0. The van der Waals surface area contributed by atoms with Crippen molar-refractivity contribution in [3.8, 4) is 11.1 Å². The number of nitrogens with two attached hydrogens (primary N) is 1. The topological polar surface area (TPSA) is 75.4 Å². The van der Waals surface area contributed by atoms with Crippen LogP contribution >= 0.6 is 11.8 Å². The van der Waals surface area contributed by atoms with Crippen molar-refractivity contribution in [2.75, 3.05) is 24.7 Å². The summed E-state index contributed by atoms with van der Waals surface area (Å²) in [6.07, 6.45) is 4.46. The molecule has 0 radical (unpaired) electrons. The number of carbonyl (C=O) groups excluding carboxylic acids is 2. The molecule has 0 aromatic heterocycles. The van der Waals surface area contributed by atoms with Crippen LogP contribution in [0.2, 0.25) is 0 Å². The van der Waals surface area contributed by atoms with Gasteiger partial charge in [-0.15, -0.1) is 11.8 Å². The highest BCUT2D eigenvalue weighted by molar-refractivity contribution is 7.99. The Morgan fingerprint density at radius 3 is 2.40 bits per heavy atom. The van der Waals surface area contributed by atoms with E-state index in [-0.39, 0.29) is 17.9 Å². The van der Waals surface area contributed by atoms with E-state index in [4.69, 9.17) is 5.73 Å². The molecule has 0 saturated carbocycles. The predicted octanol–water partition coefficient (Wildman–Crippen LogP) is 3.43. The van der Waals surface area contributed by atoms with Crippen LogP contribution in [0.1, 0.15) is 31.2 Å². The van der Waals surface area contributed by atoms with E-state index >= 15 is 0 Å². The van der Waals surface area contributed by atoms with Crippen LogP contribution in [0.3, 0.4) is 0 Å². The third-order valence-electron chi connectivity index (χ3n) is 5.35. The molecule has 2 aromatic carbocycles. The number of hydrogen-bond donors (Lipinski definition) is 2. The maximum atomic E-state index is 12.9. The Labute approximate surface area is 183 Å². The summed E-state index contributed by atoms with van der Waals surface area (Å²) >= 11 is 1.64. The average Bonchev–Trinajstić information content (AvgIpc) is 3.27. The minimum Gasteiger partial charge on any atom is -0.354 e. The molecule has 1 fully saturated rings. The average molecular weight is 426 g/mol. The molecule has 160 valence electrons. The molecule has 30 heavy (non-hydrogen) atoms. The molecular formula is C24H31N3O2S. The summed E-state index contributed by atoms with van der Waals surface area (Å²) in [5.41, 5.74) is 8.76. The summed E-state index contributed by atoms with van der Waals surface area (Å²) in [5, 5.41) is 3.00. The van der Waals surface area contributed by atoms with Crippen LogP contribution in [-0.2, 0) is 16.0 Å². The van der Waals surface area contributed by atoms with Crippen molar-refractivity contribution in [3.05, 3.63) is 60.2 Å². The zero-order valence-corrected chi connectivity index (χ0v) is 18.2. The second-order valence-electron chi connectivity index (χ2n) is 7.61. The number of rotatable bonds is 10. The predicted molar refractivity (Wildman–Crippen MR) is 124 cm³/mol. The first-order chi connectivity index (χ1) is 14.7. The number of carbonyl (C=O) groups is 2. The summed E-state index contributed by atoms with van der Waals surface area (Å²) in [5.74, 6) is 1.22. The molecular weight excluding hydrogens is 394 g/mol. The Morgan fingerprint density at radius 1 is 0.967 bits per heavy atom. The van der Waals surface area contributed by atoms with E-state index in [1.54, 1.807) is 16.7 Å². The lowest BCUT2D eigenvalue weighted by molar-refractivity contribution is -0.137. The van der Waals surface area contributed by atoms with Gasteiger partial charge in [-0.1, -0.05) is 67.4 Å². The van der Waals surface area contributed by atoms with E-state index in [1.807, 2.05) is 42.5 Å². The minimum atomic E-state index is -0.366. The van der Waals surface area contributed by atoms with E-state index in [0.29, 0.717) is 24.6 Å². The zero-order valence-electron chi connectivity index (χ0n) is 17.4. The molecule has 3 rings (SSSR count). The Bertz CT molecular complexity index is 811. The number of benzene rings is 2. The van der Waals surface area contributed by atoms with Gasteiger partial charge in [0, 0.05) is 12.3 Å². The highest BCUT2D eigenvalue weighted by Crippen LogP contribution is 2.23. The van der Waals surface area contributed by atoms with Crippen molar-refractivity contribution in [2.45, 2.75) is 38.1 Å². The van der Waals surface area contributed by atoms with Crippen molar-refractivity contribution in [1.82, 2.24) is 10.2 Å². The molecule has 1 aliphatic heterocycles. The molecule has 1 saturated heterocycles. The van der Waals surface area contributed by atoms with E-state index in [9.17, 15) is 9.59 Å². The van der Waals surface area contributed by atoms with Crippen molar-refractivity contribution < 1.29 is 9.59 Å². The van der Waals surface area contributed by atoms with E-state index < -0.39 is 0 Å². The van der Waals surface area contributed by atoms with Gasteiger partial charge in [0.05, 0.1) is 12.3 Å². The highest BCUT2D eigenvalue weighted by atomic mass is 32.2. The van der Waals surface area contributed by atoms with Gasteiger partial charge in [0.2, 0.25) is 11.8 Å². The van der Waals surface area contributed by atoms with Gasteiger partial charge in [-0.25, -0.2) is 0 Å². The molecule has 6 heteroatoms. The fourth-order valence-corrected chi connectivity index (χ4v) is 4.76. The molecule has 0 bridgehead atoms. The smallest absolute Gasteiger partial charge is 0.243 e. The van der Waals surface area contributed by atoms with E-state index in [1.165, 1.54) is 0 Å². The quantitative estimate of drug-likeness (QED) is 0.572. The molecule has 2 aromatic rings. The number of thioether (sulfide) groups is 1. The Balaban J connectivity index is 1.50. The van der Waals surface area contributed by atoms with Crippen LogP contribution in [-0.4, -0.2) is 47.5 Å². The maximum Gasteiger partial charge on any atom is 0.243 e. The van der Waals surface area contributed by atoms with Crippen LogP contribution in [0.4, 0.5) is 0 Å². The minimum absolute atomic E-state index is 0.00977. The van der Waals surface area contributed by atoms with E-state index in [2.05, 4.69) is 17.4 Å². The van der Waals surface area contributed by atoms with Crippen LogP contribution < -0.4 is 11.1 Å². The fourth-order valence-electron chi connectivity index (χ4n) is 3.58. The number of hydrogen-bond acceptors (Lipinski definition) is 4. The van der Waals surface area contributed by atoms with Crippen molar-refractivity contribution in [1.29, 1.82) is 0 Å². The van der Waals surface area contributed by atoms with Crippen molar-refractivity contribution in [2.24, 2.45) is 5.73 Å². The first kappa shape index (κ1) is 22.4. The SMILES string of the molecule is NCCCCCCNC(=O)C1CSCN1C(=O)Cc1ccc(-c2ccccc2)cc1. The number of amides is 2. The first-order valence-electron chi connectivity index (χ1n) is 10.7. The Morgan fingerprint density at radius 2 is 1.67 bits per heavy atom. The Hall–Kier alpha value is -2.31. The lowest BCUT2D eigenvalue weighted by atomic mass is 10.0. The molecule has 1 atom stereocenters. The van der Waals surface area contributed by atoms with Gasteiger partial charge in [0.15, 0.2) is 0 Å². The van der Waals surface area contributed by atoms with Gasteiger partial charge < -0.3 is 16.0 Å². The molecule has 0 spiro atoms. The summed E-state index contributed by atoms with van der Waals surface area (Å²) in [7, 11) is 0. The third kappa shape index (κ3) is 6.34. The lowest BCUT2D eigenvalue weighted by Crippen LogP contribution is -2.47. The number of unbranched alkanes of at least 4 members (excludes halogenated alkanes) is 3. The largest absolute Gasteiger partial charge is 0.354 e. The van der Waals surface area contributed by atoms with Gasteiger partial charge in [-0.3, -0.25) is 9.59 Å². The van der Waals surface area contributed by atoms with Gasteiger partial charge >= 0.3 is 0 Å². The van der Waals surface area contributed by atoms with Gasteiger partial charge in [0.25, 0.3) is 0 Å². The van der Waals surface area contributed by atoms with E-state index in [0.717, 1.165) is 48.9 Å². The summed E-state index contributed by atoms with van der Waals surface area (Å²) in [6.45, 7) is 1.38. The molecule has 2 amide bonds. The third-order valence-corrected chi connectivity index (χ3v) is 6.36. The molecule has 0 aliphatic carbocycles. The van der Waals surface area contributed by atoms with Crippen LogP contribution in [0.15, 0.2) is 54.6 Å². The monoisotopic (exact) mass is 425 g/mol. The number of nitrogens with one attached hydrogen (secondary N) is 1. The molecule has 1 heterocycles. The summed E-state index contributed by atoms with van der Waals surface area (Å²) in [6, 6.07) is 17.9. The molecule has 5 nitrogen and oxygen atoms in total. The van der Waals surface area contributed by atoms with Crippen LogP contribution in [0.25, 0.3) is 11.1 Å². The highest BCUT2D eigenvalue weighted by Gasteiger charge is 2.34. The second kappa shape index (κ2) is 11.8. The maximum absolute atomic E-state index is 12.9. The Kier molecular flexibility index (Phi) is 8.78. The van der Waals surface area contributed by atoms with Gasteiger partial charge in [0.1, 0.15) is 6.04 Å². The molecule has 3 N–H and O–H groups in total.